The average Bonchev–Trinajstić information content (AvgIpc) is 3.47. The number of hydrogen-bond donors (Lipinski definition) is 2. The lowest BCUT2D eigenvalue weighted by Crippen LogP contribution is -2.32. The summed E-state index contributed by atoms with van der Waals surface area (Å²) in [5.41, 5.74) is 3.09. The average molecular weight is 432 g/mol. The second kappa shape index (κ2) is 9.05. The van der Waals surface area contributed by atoms with Gasteiger partial charge in [0.25, 0.3) is 17.5 Å². The van der Waals surface area contributed by atoms with E-state index in [2.05, 4.69) is 20.8 Å². The quantitative estimate of drug-likeness (QED) is 0.452. The highest BCUT2D eigenvalue weighted by atomic mass is 16.5. The second-order valence-corrected chi connectivity index (χ2v) is 7.65. The standard InChI is InChI=1S/C24H24N4O4/c1-4-14(2)26-22(29)17-8-5-7-16(11-17)13-25-23(30)18-12-19(20-9-6-10-31-20)27-24-21(18)15(3)28-32-24/h5-12,14H,4,13H2,1-3H3,(H,25,30)(H,26,29). The first kappa shape index (κ1) is 21.3. The van der Waals surface area contributed by atoms with E-state index in [9.17, 15) is 9.59 Å². The van der Waals surface area contributed by atoms with Crippen LogP contribution in [0.15, 0.2) is 57.7 Å². The lowest BCUT2D eigenvalue weighted by Gasteiger charge is -2.12. The molecule has 1 unspecified atom stereocenters. The van der Waals surface area contributed by atoms with Gasteiger partial charge in [0.2, 0.25) is 0 Å². The molecule has 3 aromatic heterocycles. The maximum absolute atomic E-state index is 13.1. The minimum Gasteiger partial charge on any atom is -0.463 e. The maximum Gasteiger partial charge on any atom is 0.259 e. The molecule has 3 heterocycles. The number of aryl methyl sites for hydroxylation is 1. The van der Waals surface area contributed by atoms with Gasteiger partial charge in [-0.25, -0.2) is 4.98 Å². The zero-order valence-electron chi connectivity index (χ0n) is 18.1. The number of nitrogens with one attached hydrogen (secondary N) is 2. The third-order valence-corrected chi connectivity index (χ3v) is 5.27. The topological polar surface area (TPSA) is 110 Å². The van der Waals surface area contributed by atoms with Crippen LogP contribution in [-0.4, -0.2) is 28.0 Å². The SMILES string of the molecule is CCC(C)NC(=O)c1cccc(CNC(=O)c2cc(-c3ccco3)nc3onc(C)c23)c1. The van der Waals surface area contributed by atoms with Gasteiger partial charge in [0.1, 0.15) is 5.69 Å². The summed E-state index contributed by atoms with van der Waals surface area (Å²) < 4.78 is 10.7. The lowest BCUT2D eigenvalue weighted by molar-refractivity contribution is 0.0937. The Hall–Kier alpha value is -3.94. The Balaban J connectivity index is 1.56. The normalized spacial score (nSPS) is 12.0. The van der Waals surface area contributed by atoms with Crippen molar-refractivity contribution in [1.29, 1.82) is 0 Å². The zero-order valence-corrected chi connectivity index (χ0v) is 18.1. The molecule has 1 aromatic carbocycles. The molecule has 0 aliphatic rings. The Kier molecular flexibility index (Phi) is 6.02. The zero-order chi connectivity index (χ0) is 22.7. The summed E-state index contributed by atoms with van der Waals surface area (Å²) in [5, 5.41) is 10.4. The number of rotatable bonds is 7. The van der Waals surface area contributed by atoms with Crippen LogP contribution in [0.5, 0.6) is 0 Å². The Morgan fingerprint density at radius 1 is 1.12 bits per heavy atom. The van der Waals surface area contributed by atoms with Crippen LogP contribution in [0.1, 0.15) is 52.2 Å². The summed E-state index contributed by atoms with van der Waals surface area (Å²) in [6.45, 7) is 5.99. The van der Waals surface area contributed by atoms with Gasteiger partial charge in [-0.15, -0.1) is 0 Å². The van der Waals surface area contributed by atoms with Gasteiger partial charge in [-0.3, -0.25) is 9.59 Å². The Labute approximate surface area is 185 Å². The number of carbonyl (C=O) groups excluding carboxylic acids is 2. The molecular formula is C24H24N4O4. The molecule has 0 saturated carbocycles. The van der Waals surface area contributed by atoms with Crippen molar-refractivity contribution < 1.29 is 18.5 Å². The number of aromatic nitrogens is 2. The number of nitrogens with zero attached hydrogens (tertiary/aromatic N) is 2. The van der Waals surface area contributed by atoms with Crippen molar-refractivity contribution in [2.24, 2.45) is 0 Å². The monoisotopic (exact) mass is 432 g/mol. The van der Waals surface area contributed by atoms with Crippen LogP contribution in [0.2, 0.25) is 0 Å². The lowest BCUT2D eigenvalue weighted by atomic mass is 10.1. The third-order valence-electron chi connectivity index (χ3n) is 5.27. The summed E-state index contributed by atoms with van der Waals surface area (Å²) in [6.07, 6.45) is 2.39. The van der Waals surface area contributed by atoms with E-state index in [1.165, 1.54) is 6.26 Å². The van der Waals surface area contributed by atoms with Gasteiger partial charge in [-0.05, 0) is 56.2 Å². The fraction of sp³-hybridized carbons (Fsp3) is 0.250. The molecule has 1 atom stereocenters. The minimum atomic E-state index is -0.300. The van der Waals surface area contributed by atoms with Gasteiger partial charge in [-0.2, -0.15) is 0 Å². The highest BCUT2D eigenvalue weighted by molar-refractivity contribution is 6.06. The highest BCUT2D eigenvalue weighted by Crippen LogP contribution is 2.27. The number of furan rings is 1. The molecule has 0 saturated heterocycles. The van der Waals surface area contributed by atoms with Crippen LogP contribution < -0.4 is 10.6 Å². The Morgan fingerprint density at radius 2 is 1.97 bits per heavy atom. The van der Waals surface area contributed by atoms with E-state index in [-0.39, 0.29) is 30.1 Å². The molecule has 2 N–H and O–H groups in total. The van der Waals surface area contributed by atoms with E-state index in [1.54, 1.807) is 43.3 Å². The number of fused-ring (bicyclic) bond motifs is 1. The van der Waals surface area contributed by atoms with Crippen molar-refractivity contribution in [3.63, 3.8) is 0 Å². The maximum atomic E-state index is 13.1. The highest BCUT2D eigenvalue weighted by Gasteiger charge is 2.20. The van der Waals surface area contributed by atoms with Crippen molar-refractivity contribution in [2.75, 3.05) is 0 Å². The molecule has 8 heteroatoms. The molecule has 0 fully saturated rings. The molecule has 0 radical (unpaired) electrons. The third kappa shape index (κ3) is 4.39. The van der Waals surface area contributed by atoms with E-state index >= 15 is 0 Å². The molecule has 0 aliphatic carbocycles. The first-order chi connectivity index (χ1) is 15.5. The van der Waals surface area contributed by atoms with Crippen LogP contribution in [0.4, 0.5) is 0 Å². The van der Waals surface area contributed by atoms with Gasteiger partial charge >= 0.3 is 0 Å². The van der Waals surface area contributed by atoms with Crippen LogP contribution >= 0.6 is 0 Å². The van der Waals surface area contributed by atoms with Gasteiger partial charge in [-0.1, -0.05) is 24.2 Å². The van der Waals surface area contributed by atoms with Gasteiger partial charge in [0.05, 0.1) is 22.9 Å². The van der Waals surface area contributed by atoms with Crippen molar-refractivity contribution in [3.8, 4) is 11.5 Å². The number of benzene rings is 1. The molecule has 0 bridgehead atoms. The molecule has 4 aromatic rings. The van der Waals surface area contributed by atoms with Gasteiger partial charge in [0.15, 0.2) is 5.76 Å². The van der Waals surface area contributed by atoms with Gasteiger partial charge in [0, 0.05) is 18.2 Å². The Bertz CT molecular complexity index is 1260. The number of amides is 2. The number of carbonyl (C=O) groups is 2. The second-order valence-electron chi connectivity index (χ2n) is 7.65. The smallest absolute Gasteiger partial charge is 0.259 e. The molecule has 0 spiro atoms. The predicted molar refractivity (Wildman–Crippen MR) is 119 cm³/mol. The van der Waals surface area contributed by atoms with Gasteiger partial charge < -0.3 is 19.6 Å². The Morgan fingerprint density at radius 3 is 2.72 bits per heavy atom. The van der Waals surface area contributed by atoms with E-state index in [0.717, 1.165) is 12.0 Å². The summed E-state index contributed by atoms with van der Waals surface area (Å²) in [6, 6.07) is 12.5. The first-order valence-corrected chi connectivity index (χ1v) is 10.4. The molecule has 164 valence electrons. The van der Waals surface area contributed by atoms with Crippen LogP contribution in [0, 0.1) is 6.92 Å². The number of hydrogen-bond acceptors (Lipinski definition) is 6. The minimum absolute atomic E-state index is 0.0927. The van der Waals surface area contributed by atoms with Crippen molar-refractivity contribution >= 4 is 22.9 Å². The molecule has 8 nitrogen and oxygen atoms in total. The molecule has 0 aliphatic heterocycles. The van der Waals surface area contributed by atoms with Crippen LogP contribution in [0.25, 0.3) is 22.6 Å². The first-order valence-electron chi connectivity index (χ1n) is 10.4. The molecule has 4 rings (SSSR count). The van der Waals surface area contributed by atoms with Crippen molar-refractivity contribution in [1.82, 2.24) is 20.8 Å². The molecule has 32 heavy (non-hydrogen) atoms. The summed E-state index contributed by atoms with van der Waals surface area (Å²) in [5.74, 6) is 0.0903. The summed E-state index contributed by atoms with van der Waals surface area (Å²) in [7, 11) is 0. The largest absolute Gasteiger partial charge is 0.463 e. The number of pyridine rings is 1. The molecule has 2 amide bonds. The fourth-order valence-electron chi connectivity index (χ4n) is 3.33. The van der Waals surface area contributed by atoms with E-state index in [0.29, 0.717) is 33.7 Å². The van der Waals surface area contributed by atoms with Crippen molar-refractivity contribution in [2.45, 2.75) is 39.8 Å². The van der Waals surface area contributed by atoms with E-state index in [4.69, 9.17) is 8.94 Å². The van der Waals surface area contributed by atoms with Crippen LogP contribution in [-0.2, 0) is 6.54 Å². The van der Waals surface area contributed by atoms with E-state index < -0.39 is 0 Å². The summed E-state index contributed by atoms with van der Waals surface area (Å²) in [4.78, 5) is 29.9. The predicted octanol–water partition coefficient (Wildman–Crippen LogP) is 4.25. The van der Waals surface area contributed by atoms with Crippen LogP contribution in [0.3, 0.4) is 0 Å². The van der Waals surface area contributed by atoms with Crippen molar-refractivity contribution in [3.05, 3.63) is 71.1 Å². The fourth-order valence-corrected chi connectivity index (χ4v) is 3.33. The summed E-state index contributed by atoms with van der Waals surface area (Å²) >= 11 is 0. The van der Waals surface area contributed by atoms with E-state index in [1.807, 2.05) is 19.9 Å². The molecular weight excluding hydrogens is 408 g/mol.